The van der Waals surface area contributed by atoms with Crippen LogP contribution >= 0.6 is 0 Å². The van der Waals surface area contributed by atoms with Crippen LogP contribution in [0.2, 0.25) is 0 Å². The molecule has 3 fully saturated rings. The van der Waals surface area contributed by atoms with E-state index < -0.39 is 11.7 Å². The molecule has 3 N–H and O–H groups in total. The summed E-state index contributed by atoms with van der Waals surface area (Å²) < 4.78 is 0. The highest BCUT2D eigenvalue weighted by atomic mass is 16.3. The zero-order chi connectivity index (χ0) is 17.3. The molecule has 24 heavy (non-hydrogen) atoms. The largest absolute Gasteiger partial charge is 0.393 e. The third kappa shape index (κ3) is 1.91. The second-order valence-electron chi connectivity index (χ2n) is 9.29. The lowest BCUT2D eigenvalue weighted by Gasteiger charge is -2.59. The van der Waals surface area contributed by atoms with Crippen molar-refractivity contribution in [1.82, 2.24) is 0 Å². The van der Waals surface area contributed by atoms with Crippen molar-refractivity contribution in [1.29, 1.82) is 0 Å². The fourth-order valence-corrected chi connectivity index (χ4v) is 6.88. The fraction of sp³-hybridized carbons (Fsp3) is 0.810. The molecule has 3 nitrogen and oxygen atoms in total. The van der Waals surface area contributed by atoms with E-state index in [9.17, 15) is 15.3 Å². The van der Waals surface area contributed by atoms with Gasteiger partial charge in [-0.15, -0.1) is 6.42 Å². The molecular weight excluding hydrogens is 300 g/mol. The first-order chi connectivity index (χ1) is 11.2. The van der Waals surface area contributed by atoms with Gasteiger partial charge in [0.25, 0.3) is 0 Å². The highest BCUT2D eigenvalue weighted by molar-refractivity contribution is 5.30. The van der Waals surface area contributed by atoms with E-state index in [1.807, 2.05) is 6.08 Å². The lowest BCUT2D eigenvalue weighted by Crippen LogP contribution is -2.57. The van der Waals surface area contributed by atoms with Crippen molar-refractivity contribution >= 4 is 0 Å². The normalized spacial score (nSPS) is 56.5. The molecule has 0 aromatic rings. The predicted octanol–water partition coefficient (Wildman–Crippen LogP) is 2.65. The highest BCUT2D eigenvalue weighted by Gasteiger charge is 2.64. The maximum absolute atomic E-state index is 11.0. The number of fused-ring (bicyclic) bond motifs is 5. The van der Waals surface area contributed by atoms with Crippen molar-refractivity contribution < 1.29 is 15.3 Å². The van der Waals surface area contributed by atoms with Crippen LogP contribution < -0.4 is 0 Å². The van der Waals surface area contributed by atoms with E-state index in [4.69, 9.17) is 6.42 Å². The van der Waals surface area contributed by atoms with Gasteiger partial charge < -0.3 is 15.3 Å². The van der Waals surface area contributed by atoms with Crippen LogP contribution in [0.3, 0.4) is 0 Å². The summed E-state index contributed by atoms with van der Waals surface area (Å²) in [5.41, 5.74) is 0.0145. The molecule has 7 unspecified atom stereocenters. The van der Waals surface area contributed by atoms with Gasteiger partial charge in [0, 0.05) is 5.41 Å². The Morgan fingerprint density at radius 3 is 2.50 bits per heavy atom. The van der Waals surface area contributed by atoms with Gasteiger partial charge in [0.2, 0.25) is 0 Å². The van der Waals surface area contributed by atoms with E-state index in [0.29, 0.717) is 18.8 Å². The topological polar surface area (TPSA) is 60.7 Å². The molecule has 0 amide bonds. The summed E-state index contributed by atoms with van der Waals surface area (Å²) >= 11 is 0. The molecule has 0 heterocycles. The van der Waals surface area contributed by atoms with Crippen molar-refractivity contribution in [3.8, 4) is 12.3 Å². The van der Waals surface area contributed by atoms with Gasteiger partial charge in [-0.3, -0.25) is 0 Å². The van der Waals surface area contributed by atoms with Crippen molar-refractivity contribution in [2.45, 2.75) is 76.6 Å². The maximum Gasteiger partial charge on any atom is 0.130 e. The van der Waals surface area contributed by atoms with Crippen LogP contribution in [0, 0.1) is 40.9 Å². The van der Waals surface area contributed by atoms with Gasteiger partial charge in [-0.25, -0.2) is 0 Å². The zero-order valence-electron chi connectivity index (χ0n) is 14.8. The molecule has 0 aromatic heterocycles. The molecule has 0 radical (unpaired) electrons. The summed E-state index contributed by atoms with van der Waals surface area (Å²) in [5, 5.41) is 32.0. The van der Waals surface area contributed by atoms with Crippen LogP contribution in [-0.4, -0.2) is 33.1 Å². The average Bonchev–Trinajstić information content (AvgIpc) is 2.82. The summed E-state index contributed by atoms with van der Waals surface area (Å²) in [6.07, 6.45) is 13.0. The first-order valence-corrected chi connectivity index (χ1v) is 9.53. The Hall–Kier alpha value is -0.820. The monoisotopic (exact) mass is 330 g/mol. The van der Waals surface area contributed by atoms with E-state index >= 15 is 0 Å². The van der Waals surface area contributed by atoms with Gasteiger partial charge in [-0.1, -0.05) is 31.4 Å². The van der Waals surface area contributed by atoms with Gasteiger partial charge in [-0.05, 0) is 68.1 Å². The smallest absolute Gasteiger partial charge is 0.130 e. The van der Waals surface area contributed by atoms with E-state index in [1.165, 1.54) is 5.57 Å². The van der Waals surface area contributed by atoms with Gasteiger partial charge in [0.05, 0.1) is 12.2 Å². The van der Waals surface area contributed by atoms with Gasteiger partial charge >= 0.3 is 0 Å². The zero-order valence-corrected chi connectivity index (χ0v) is 14.8. The Labute approximate surface area is 145 Å². The first kappa shape index (κ1) is 16.6. The highest BCUT2D eigenvalue weighted by Crippen LogP contribution is 2.66. The quantitative estimate of drug-likeness (QED) is 0.473. The second kappa shape index (κ2) is 5.10. The molecular formula is C21H30O3. The number of aliphatic hydroxyl groups is 3. The van der Waals surface area contributed by atoms with Crippen LogP contribution in [0.15, 0.2) is 11.6 Å². The first-order valence-electron chi connectivity index (χ1n) is 9.53. The van der Waals surface area contributed by atoms with Crippen molar-refractivity contribution in [3.63, 3.8) is 0 Å². The summed E-state index contributed by atoms with van der Waals surface area (Å²) in [5.74, 6) is 3.56. The predicted molar refractivity (Wildman–Crippen MR) is 92.9 cm³/mol. The molecule has 3 saturated carbocycles. The molecule has 132 valence electrons. The van der Waals surface area contributed by atoms with Crippen molar-refractivity contribution in [2.75, 3.05) is 0 Å². The van der Waals surface area contributed by atoms with Gasteiger partial charge in [0.15, 0.2) is 0 Å². The Balaban J connectivity index is 1.75. The lowest BCUT2D eigenvalue weighted by molar-refractivity contribution is -0.123. The summed E-state index contributed by atoms with van der Waals surface area (Å²) in [7, 11) is 0. The Morgan fingerprint density at radius 1 is 1.08 bits per heavy atom. The van der Waals surface area contributed by atoms with Crippen molar-refractivity contribution in [3.05, 3.63) is 11.6 Å². The standard InChI is InChI=1S/C21H30O3/c1-4-21(24)10-7-16-18-15(6-9-20(16,21)3)19(2)8-5-14(22)11-13(19)12-17(18)23/h1,12,14-18,22-24H,5-11H2,2-3H3/t14?,15?,16?,17?,18?,19?,20?,21-/m0/s1. The molecule has 4 rings (SSSR count). The maximum atomic E-state index is 11.0. The number of terminal acetylenes is 1. The number of hydrogen-bond acceptors (Lipinski definition) is 3. The summed E-state index contributed by atoms with van der Waals surface area (Å²) in [6.45, 7) is 4.47. The van der Waals surface area contributed by atoms with E-state index in [2.05, 4.69) is 19.8 Å². The number of rotatable bonds is 0. The Bertz CT molecular complexity index is 619. The summed E-state index contributed by atoms with van der Waals surface area (Å²) in [6, 6.07) is 0. The SMILES string of the molecule is C#C[C@]1(O)CCC2C3C(O)C=C4CC(O)CCC4(C)C3CCC21C. The van der Waals surface area contributed by atoms with Crippen LogP contribution in [0.1, 0.15) is 58.8 Å². The third-order valence-electron chi connectivity index (χ3n) is 8.49. The van der Waals surface area contributed by atoms with Crippen LogP contribution in [0.5, 0.6) is 0 Å². The van der Waals surface area contributed by atoms with E-state index in [0.717, 1.165) is 32.1 Å². The minimum Gasteiger partial charge on any atom is -0.393 e. The minimum atomic E-state index is -1.03. The van der Waals surface area contributed by atoms with Crippen LogP contribution in [-0.2, 0) is 0 Å². The fourth-order valence-electron chi connectivity index (χ4n) is 6.88. The van der Waals surface area contributed by atoms with Crippen LogP contribution in [0.4, 0.5) is 0 Å². The molecule has 0 aliphatic heterocycles. The summed E-state index contributed by atoms with van der Waals surface area (Å²) in [4.78, 5) is 0. The molecule has 4 aliphatic rings. The second-order valence-corrected chi connectivity index (χ2v) is 9.29. The van der Waals surface area contributed by atoms with Gasteiger partial charge in [-0.2, -0.15) is 0 Å². The minimum absolute atomic E-state index is 0.0846. The third-order valence-corrected chi connectivity index (χ3v) is 8.49. The lowest BCUT2D eigenvalue weighted by atomic mass is 9.46. The van der Waals surface area contributed by atoms with E-state index in [1.54, 1.807) is 0 Å². The van der Waals surface area contributed by atoms with Gasteiger partial charge in [0.1, 0.15) is 5.60 Å². The Kier molecular flexibility index (Phi) is 3.53. The van der Waals surface area contributed by atoms with Crippen LogP contribution in [0.25, 0.3) is 0 Å². The number of aliphatic hydroxyl groups excluding tert-OH is 2. The van der Waals surface area contributed by atoms with E-state index in [-0.39, 0.29) is 28.8 Å². The average molecular weight is 330 g/mol. The number of hydrogen-bond donors (Lipinski definition) is 3. The molecule has 0 aromatic carbocycles. The molecule has 0 saturated heterocycles. The van der Waals surface area contributed by atoms with Crippen molar-refractivity contribution in [2.24, 2.45) is 28.6 Å². The molecule has 0 spiro atoms. The molecule has 8 atom stereocenters. The molecule has 4 aliphatic carbocycles. The molecule has 0 bridgehead atoms. The molecule has 3 heteroatoms. The Morgan fingerprint density at radius 2 is 1.79 bits per heavy atom.